The second-order valence-corrected chi connectivity index (χ2v) is 5.55. The van der Waals surface area contributed by atoms with Crippen LogP contribution < -0.4 is 4.74 Å². The summed E-state index contributed by atoms with van der Waals surface area (Å²) in [4.78, 5) is 23.5. The summed E-state index contributed by atoms with van der Waals surface area (Å²) in [5.41, 5.74) is 1.47. The van der Waals surface area contributed by atoms with E-state index in [2.05, 4.69) is 0 Å². The van der Waals surface area contributed by atoms with Crippen LogP contribution in [0.4, 0.5) is 5.69 Å². The molecule has 122 valence electrons. The minimum absolute atomic E-state index is 0.140. The van der Waals surface area contributed by atoms with E-state index in [9.17, 15) is 14.9 Å². The second kappa shape index (κ2) is 5.57. The van der Waals surface area contributed by atoms with Gasteiger partial charge in [0, 0.05) is 11.7 Å². The summed E-state index contributed by atoms with van der Waals surface area (Å²) in [5.74, 6) is -0.397. The van der Waals surface area contributed by atoms with Crippen molar-refractivity contribution in [3.63, 3.8) is 0 Å². The Morgan fingerprint density at radius 2 is 2.13 bits per heavy atom. The molecular weight excluding hydrogens is 300 g/mol. The van der Waals surface area contributed by atoms with Gasteiger partial charge < -0.3 is 14.0 Å². The number of aromatic nitrogens is 1. The van der Waals surface area contributed by atoms with Crippen LogP contribution in [0, 0.1) is 17.0 Å². The number of rotatable bonds is 5. The highest BCUT2D eigenvalue weighted by atomic mass is 16.6. The van der Waals surface area contributed by atoms with E-state index in [1.54, 1.807) is 26.0 Å². The normalized spacial score (nSPS) is 14.0. The van der Waals surface area contributed by atoms with E-state index >= 15 is 0 Å². The van der Waals surface area contributed by atoms with Crippen LogP contribution in [0.1, 0.15) is 41.9 Å². The smallest absolute Gasteiger partial charge is 0.340 e. The molecule has 0 amide bonds. The average Bonchev–Trinajstić information content (AvgIpc) is 3.29. The molecule has 7 nitrogen and oxygen atoms in total. The van der Waals surface area contributed by atoms with Crippen molar-refractivity contribution in [3.05, 3.63) is 33.5 Å². The lowest BCUT2D eigenvalue weighted by atomic mass is 10.1. The molecule has 1 heterocycles. The van der Waals surface area contributed by atoms with Gasteiger partial charge in [0.05, 0.1) is 35.1 Å². The fraction of sp³-hybridized carbons (Fsp3) is 0.438. The first-order valence-corrected chi connectivity index (χ1v) is 7.54. The summed E-state index contributed by atoms with van der Waals surface area (Å²) in [5, 5.41) is 11.9. The Kier molecular flexibility index (Phi) is 3.71. The zero-order valence-electron chi connectivity index (χ0n) is 13.3. The van der Waals surface area contributed by atoms with Crippen molar-refractivity contribution in [2.24, 2.45) is 0 Å². The van der Waals surface area contributed by atoms with Crippen LogP contribution in [0.25, 0.3) is 10.9 Å². The molecule has 0 unspecified atom stereocenters. The van der Waals surface area contributed by atoms with Crippen molar-refractivity contribution in [2.45, 2.75) is 32.7 Å². The standard InChI is InChI=1S/C16H18N2O5/c1-4-23-16(19)13-9(2)17(10-5-6-10)11-7-8-12(22-3)15(14(11)13)18(20)21/h7-8,10H,4-6H2,1-3H3. The van der Waals surface area contributed by atoms with E-state index in [-0.39, 0.29) is 29.6 Å². The summed E-state index contributed by atoms with van der Waals surface area (Å²) in [6, 6.07) is 3.64. The first-order chi connectivity index (χ1) is 11.0. The Bertz CT molecular complexity index is 805. The van der Waals surface area contributed by atoms with Crippen LogP contribution >= 0.6 is 0 Å². The van der Waals surface area contributed by atoms with Gasteiger partial charge >= 0.3 is 11.7 Å². The predicted molar refractivity (Wildman–Crippen MR) is 84.1 cm³/mol. The molecule has 0 atom stereocenters. The predicted octanol–water partition coefficient (Wildman–Crippen LogP) is 3.38. The molecule has 0 radical (unpaired) electrons. The average molecular weight is 318 g/mol. The van der Waals surface area contributed by atoms with Gasteiger partial charge in [-0.15, -0.1) is 0 Å². The molecule has 1 aromatic heterocycles. The van der Waals surface area contributed by atoms with E-state index in [4.69, 9.17) is 9.47 Å². The summed E-state index contributed by atoms with van der Waals surface area (Å²) >= 11 is 0. The van der Waals surface area contributed by atoms with E-state index < -0.39 is 10.9 Å². The van der Waals surface area contributed by atoms with Crippen LogP contribution in [0.5, 0.6) is 5.75 Å². The second-order valence-electron chi connectivity index (χ2n) is 5.55. The molecular formula is C16H18N2O5. The number of benzene rings is 1. The maximum Gasteiger partial charge on any atom is 0.340 e. The van der Waals surface area contributed by atoms with Gasteiger partial charge in [0.2, 0.25) is 0 Å². The highest BCUT2D eigenvalue weighted by Gasteiger charge is 2.35. The number of methoxy groups -OCH3 is 1. The van der Waals surface area contributed by atoms with Crippen LogP contribution in [0.2, 0.25) is 0 Å². The minimum Gasteiger partial charge on any atom is -0.490 e. The third-order valence-corrected chi connectivity index (χ3v) is 4.15. The van der Waals surface area contributed by atoms with Crippen LogP contribution in [0.3, 0.4) is 0 Å². The summed E-state index contributed by atoms with van der Waals surface area (Å²) < 4.78 is 12.3. The van der Waals surface area contributed by atoms with E-state index in [0.717, 1.165) is 12.8 Å². The van der Waals surface area contributed by atoms with Crippen LogP contribution in [-0.4, -0.2) is 29.2 Å². The highest BCUT2D eigenvalue weighted by molar-refractivity contribution is 6.10. The zero-order chi connectivity index (χ0) is 16.7. The molecule has 0 N–H and O–H groups in total. The summed E-state index contributed by atoms with van der Waals surface area (Å²) in [6.07, 6.45) is 2.01. The van der Waals surface area contributed by atoms with Gasteiger partial charge in [0.1, 0.15) is 0 Å². The SMILES string of the molecule is CCOC(=O)c1c(C)n(C2CC2)c2ccc(OC)c([N+](=O)[O-])c12. The third kappa shape index (κ3) is 2.32. The quantitative estimate of drug-likeness (QED) is 0.479. The van der Waals surface area contributed by atoms with Gasteiger partial charge in [-0.1, -0.05) is 0 Å². The lowest BCUT2D eigenvalue weighted by Crippen LogP contribution is -2.07. The lowest BCUT2D eigenvalue weighted by Gasteiger charge is -2.06. The Balaban J connectivity index is 2.41. The number of nitrogens with zero attached hydrogens (tertiary/aromatic N) is 2. The fourth-order valence-corrected chi connectivity index (χ4v) is 3.09. The van der Waals surface area contributed by atoms with Gasteiger partial charge in [-0.2, -0.15) is 0 Å². The van der Waals surface area contributed by atoms with Crippen molar-refractivity contribution in [1.82, 2.24) is 4.57 Å². The van der Waals surface area contributed by atoms with Crippen LogP contribution in [0.15, 0.2) is 12.1 Å². The first kappa shape index (κ1) is 15.3. The number of hydrogen-bond donors (Lipinski definition) is 0. The molecule has 7 heteroatoms. The first-order valence-electron chi connectivity index (χ1n) is 7.54. The zero-order valence-corrected chi connectivity index (χ0v) is 13.3. The van der Waals surface area contributed by atoms with Gasteiger partial charge in [0.15, 0.2) is 5.75 Å². The van der Waals surface area contributed by atoms with Crippen molar-refractivity contribution in [1.29, 1.82) is 0 Å². The van der Waals surface area contributed by atoms with Crippen molar-refractivity contribution >= 4 is 22.6 Å². The Morgan fingerprint density at radius 1 is 1.43 bits per heavy atom. The number of esters is 1. The van der Waals surface area contributed by atoms with E-state index in [0.29, 0.717) is 16.6 Å². The van der Waals surface area contributed by atoms with Gasteiger partial charge in [-0.05, 0) is 38.8 Å². The molecule has 1 aliphatic carbocycles. The topological polar surface area (TPSA) is 83.6 Å². The maximum atomic E-state index is 12.4. The highest BCUT2D eigenvalue weighted by Crippen LogP contribution is 2.45. The number of fused-ring (bicyclic) bond motifs is 1. The molecule has 3 rings (SSSR count). The largest absolute Gasteiger partial charge is 0.490 e. The van der Waals surface area contributed by atoms with Gasteiger partial charge in [0.25, 0.3) is 0 Å². The maximum absolute atomic E-state index is 12.4. The Morgan fingerprint density at radius 3 is 2.65 bits per heavy atom. The molecule has 1 saturated carbocycles. The molecule has 23 heavy (non-hydrogen) atoms. The molecule has 0 spiro atoms. The number of ether oxygens (including phenoxy) is 2. The minimum atomic E-state index is -0.536. The third-order valence-electron chi connectivity index (χ3n) is 4.15. The van der Waals surface area contributed by atoms with Gasteiger partial charge in [-0.25, -0.2) is 4.79 Å². The number of carbonyl (C=O) groups is 1. The Hall–Kier alpha value is -2.57. The summed E-state index contributed by atoms with van der Waals surface area (Å²) in [7, 11) is 1.38. The van der Waals surface area contributed by atoms with Crippen molar-refractivity contribution < 1.29 is 19.2 Å². The lowest BCUT2D eigenvalue weighted by molar-refractivity contribution is -0.384. The molecule has 0 saturated heterocycles. The number of nitro benzene ring substituents is 1. The summed E-state index contributed by atoms with van der Waals surface area (Å²) in [6.45, 7) is 3.73. The van der Waals surface area contributed by atoms with Crippen molar-refractivity contribution in [3.8, 4) is 5.75 Å². The van der Waals surface area contributed by atoms with E-state index in [1.807, 2.05) is 4.57 Å². The van der Waals surface area contributed by atoms with Crippen molar-refractivity contribution in [2.75, 3.05) is 13.7 Å². The molecule has 1 aliphatic rings. The fourth-order valence-electron chi connectivity index (χ4n) is 3.09. The van der Waals surface area contributed by atoms with Crippen LogP contribution in [-0.2, 0) is 4.74 Å². The Labute approximate surface area is 132 Å². The van der Waals surface area contributed by atoms with E-state index in [1.165, 1.54) is 7.11 Å². The molecule has 1 fully saturated rings. The molecule has 0 bridgehead atoms. The molecule has 2 aromatic rings. The molecule has 0 aliphatic heterocycles. The number of nitro groups is 1. The molecule has 1 aromatic carbocycles. The number of hydrogen-bond acceptors (Lipinski definition) is 5. The number of carbonyl (C=O) groups excluding carboxylic acids is 1. The monoisotopic (exact) mass is 318 g/mol. The van der Waals surface area contributed by atoms with Gasteiger partial charge in [-0.3, -0.25) is 10.1 Å².